The smallest absolute Gasteiger partial charge is 0.244 e. The Morgan fingerprint density at radius 3 is 2.33 bits per heavy atom. The molecule has 1 aromatic rings. The lowest BCUT2D eigenvalue weighted by Gasteiger charge is -2.16. The molecular formula is C8H5ClF3N3. The molecule has 0 radical (unpaired) electrons. The minimum Gasteiger partial charge on any atom is -0.244 e. The maximum atomic E-state index is 12.6. The summed E-state index contributed by atoms with van der Waals surface area (Å²) in [5.41, 5.74) is -2.11. The second-order valence-corrected chi connectivity index (χ2v) is 3.58. The van der Waals surface area contributed by atoms with Crippen LogP contribution in [0.5, 0.6) is 0 Å². The predicted molar refractivity (Wildman–Crippen MR) is 46.6 cm³/mol. The Bertz CT molecular complexity index is 435. The normalized spacial score (nSPS) is 17.9. The van der Waals surface area contributed by atoms with Crippen molar-refractivity contribution in [2.45, 2.75) is 18.8 Å². The predicted octanol–water partition coefficient (Wildman–Crippen LogP) is 3.22. The third-order valence-corrected chi connectivity index (χ3v) is 2.35. The first-order valence-electron chi connectivity index (χ1n) is 4.00. The van der Waals surface area contributed by atoms with Crippen LogP contribution in [0.15, 0.2) is 22.5 Å². The maximum Gasteiger partial charge on any atom is 0.442 e. The quantitative estimate of drug-likeness (QED) is 0.689. The third kappa shape index (κ3) is 1.49. The standard InChI is InChI=1S/C8H5ClF3N3/c1-4-2-6(9)13-3-5(4)7(14-15-7)8(10,11)12/h2-3H,1H3. The van der Waals surface area contributed by atoms with Crippen LogP contribution in [0.4, 0.5) is 13.2 Å². The summed E-state index contributed by atoms with van der Waals surface area (Å²) in [6.07, 6.45) is -3.46. The molecule has 15 heavy (non-hydrogen) atoms. The van der Waals surface area contributed by atoms with Gasteiger partial charge >= 0.3 is 11.8 Å². The van der Waals surface area contributed by atoms with Gasteiger partial charge in [-0.1, -0.05) is 11.6 Å². The fourth-order valence-electron chi connectivity index (χ4n) is 1.31. The number of alkyl halides is 3. The molecule has 0 spiro atoms. The van der Waals surface area contributed by atoms with Gasteiger partial charge in [0.25, 0.3) is 0 Å². The van der Waals surface area contributed by atoms with Crippen LogP contribution >= 0.6 is 11.6 Å². The zero-order valence-electron chi connectivity index (χ0n) is 7.51. The van der Waals surface area contributed by atoms with Gasteiger partial charge < -0.3 is 0 Å². The molecule has 1 aliphatic rings. The second-order valence-electron chi connectivity index (χ2n) is 3.19. The molecule has 0 aliphatic carbocycles. The molecule has 0 N–H and O–H groups in total. The zero-order valence-corrected chi connectivity index (χ0v) is 8.26. The van der Waals surface area contributed by atoms with E-state index >= 15 is 0 Å². The molecule has 1 aromatic heterocycles. The largest absolute Gasteiger partial charge is 0.442 e. The lowest BCUT2D eigenvalue weighted by Crippen LogP contribution is -2.31. The minimum atomic E-state index is -4.52. The molecule has 0 unspecified atom stereocenters. The number of nitrogens with zero attached hydrogens (tertiary/aromatic N) is 3. The monoisotopic (exact) mass is 235 g/mol. The van der Waals surface area contributed by atoms with E-state index in [2.05, 4.69) is 15.2 Å². The Labute approximate surface area is 88.0 Å². The number of aryl methyl sites for hydroxylation is 1. The molecule has 0 saturated carbocycles. The summed E-state index contributed by atoms with van der Waals surface area (Å²) in [5, 5.41) is 6.31. The molecule has 0 atom stereocenters. The van der Waals surface area contributed by atoms with Gasteiger partial charge in [0.05, 0.1) is 0 Å². The summed E-state index contributed by atoms with van der Waals surface area (Å²) in [7, 11) is 0. The summed E-state index contributed by atoms with van der Waals surface area (Å²) in [6.45, 7) is 1.51. The van der Waals surface area contributed by atoms with Crippen molar-refractivity contribution in [1.29, 1.82) is 0 Å². The van der Waals surface area contributed by atoms with Crippen LogP contribution in [0, 0.1) is 6.92 Å². The Hall–Kier alpha value is -1.17. The first-order chi connectivity index (χ1) is 6.87. The van der Waals surface area contributed by atoms with Gasteiger partial charge in [-0.3, -0.25) is 0 Å². The summed E-state index contributed by atoms with van der Waals surface area (Å²) < 4.78 is 37.8. The first kappa shape index (κ1) is 10.4. The Morgan fingerprint density at radius 2 is 1.93 bits per heavy atom. The highest BCUT2D eigenvalue weighted by molar-refractivity contribution is 6.29. The van der Waals surface area contributed by atoms with Gasteiger partial charge in [0.15, 0.2) is 0 Å². The highest BCUT2D eigenvalue weighted by atomic mass is 35.5. The molecule has 2 rings (SSSR count). The van der Waals surface area contributed by atoms with E-state index in [1.54, 1.807) is 0 Å². The average Bonchev–Trinajstić information content (AvgIpc) is 2.83. The van der Waals surface area contributed by atoms with E-state index in [1.165, 1.54) is 13.0 Å². The maximum absolute atomic E-state index is 12.6. The van der Waals surface area contributed by atoms with E-state index in [9.17, 15) is 13.2 Å². The number of hydrogen-bond acceptors (Lipinski definition) is 3. The van der Waals surface area contributed by atoms with Gasteiger partial charge in [-0.15, -0.1) is 10.2 Å². The van der Waals surface area contributed by atoms with E-state index in [0.717, 1.165) is 6.20 Å². The summed E-state index contributed by atoms with van der Waals surface area (Å²) >= 11 is 5.55. The van der Waals surface area contributed by atoms with Gasteiger partial charge in [-0.25, -0.2) is 4.98 Å². The van der Waals surface area contributed by atoms with E-state index in [1.807, 2.05) is 0 Å². The number of pyridine rings is 1. The first-order valence-corrected chi connectivity index (χ1v) is 4.38. The SMILES string of the molecule is Cc1cc(Cl)ncc1C1(C(F)(F)F)N=N1. The van der Waals surface area contributed by atoms with Crippen molar-refractivity contribution in [3.63, 3.8) is 0 Å². The number of aromatic nitrogens is 1. The Kier molecular flexibility index (Phi) is 2.01. The molecule has 80 valence electrons. The zero-order chi connectivity index (χ0) is 11.3. The minimum absolute atomic E-state index is 0.0700. The number of hydrogen-bond donors (Lipinski definition) is 0. The van der Waals surface area contributed by atoms with Gasteiger partial charge in [0, 0.05) is 11.8 Å². The van der Waals surface area contributed by atoms with Crippen LogP contribution in [-0.4, -0.2) is 11.2 Å². The van der Waals surface area contributed by atoms with Crippen molar-refractivity contribution < 1.29 is 13.2 Å². The lowest BCUT2D eigenvalue weighted by molar-refractivity contribution is -0.166. The number of halogens is 4. The Balaban J connectivity index is 2.47. The van der Waals surface area contributed by atoms with Crippen LogP contribution in [-0.2, 0) is 5.66 Å². The molecule has 0 bridgehead atoms. The topological polar surface area (TPSA) is 37.6 Å². The van der Waals surface area contributed by atoms with Crippen LogP contribution in [0.1, 0.15) is 11.1 Å². The van der Waals surface area contributed by atoms with Crippen molar-refractivity contribution in [2.75, 3.05) is 0 Å². The summed E-state index contributed by atoms with van der Waals surface area (Å²) in [6, 6.07) is 1.35. The molecule has 7 heteroatoms. The van der Waals surface area contributed by atoms with Crippen molar-refractivity contribution in [1.82, 2.24) is 4.98 Å². The molecule has 0 fully saturated rings. The van der Waals surface area contributed by atoms with Gasteiger partial charge in [0.1, 0.15) is 5.15 Å². The van der Waals surface area contributed by atoms with Gasteiger partial charge in [-0.2, -0.15) is 13.2 Å². The molecule has 0 aromatic carbocycles. The van der Waals surface area contributed by atoms with E-state index in [0.29, 0.717) is 5.56 Å². The molecular weight excluding hydrogens is 231 g/mol. The van der Waals surface area contributed by atoms with Gasteiger partial charge in [0.2, 0.25) is 0 Å². The van der Waals surface area contributed by atoms with Crippen LogP contribution < -0.4 is 0 Å². The fraction of sp³-hybridized carbons (Fsp3) is 0.375. The van der Waals surface area contributed by atoms with Crippen molar-refractivity contribution in [3.05, 3.63) is 28.5 Å². The molecule has 2 heterocycles. The third-order valence-electron chi connectivity index (χ3n) is 2.15. The molecule has 0 amide bonds. The van der Waals surface area contributed by atoms with E-state index in [4.69, 9.17) is 11.6 Å². The average molecular weight is 236 g/mol. The lowest BCUT2D eigenvalue weighted by atomic mass is 10.0. The van der Waals surface area contributed by atoms with E-state index in [-0.39, 0.29) is 10.7 Å². The highest BCUT2D eigenvalue weighted by Crippen LogP contribution is 2.53. The summed E-state index contributed by atoms with van der Waals surface area (Å²) in [5.74, 6) is 0. The number of rotatable bonds is 1. The second kappa shape index (κ2) is 2.91. The van der Waals surface area contributed by atoms with Crippen LogP contribution in [0.3, 0.4) is 0 Å². The fourth-order valence-corrected chi connectivity index (χ4v) is 1.52. The van der Waals surface area contributed by atoms with Crippen molar-refractivity contribution in [3.8, 4) is 0 Å². The highest BCUT2D eigenvalue weighted by Gasteiger charge is 2.65. The van der Waals surface area contributed by atoms with Crippen molar-refractivity contribution >= 4 is 11.6 Å². The van der Waals surface area contributed by atoms with Crippen LogP contribution in [0.2, 0.25) is 5.15 Å². The molecule has 3 nitrogen and oxygen atoms in total. The molecule has 1 aliphatic heterocycles. The Morgan fingerprint density at radius 1 is 1.33 bits per heavy atom. The van der Waals surface area contributed by atoms with E-state index < -0.39 is 11.8 Å². The van der Waals surface area contributed by atoms with Gasteiger partial charge in [-0.05, 0) is 18.6 Å². The van der Waals surface area contributed by atoms with Crippen molar-refractivity contribution in [2.24, 2.45) is 10.2 Å². The summed E-state index contributed by atoms with van der Waals surface area (Å²) in [4.78, 5) is 3.61. The molecule has 0 saturated heterocycles. The van der Waals surface area contributed by atoms with Crippen LogP contribution in [0.25, 0.3) is 0 Å².